The maximum Gasteiger partial charge on any atom is 0.343 e. The molecule has 0 aliphatic heterocycles. The summed E-state index contributed by atoms with van der Waals surface area (Å²) in [4.78, 5) is 23.4. The minimum Gasteiger partial charge on any atom is -0.477 e. The largest absolute Gasteiger partial charge is 0.477 e. The van der Waals surface area contributed by atoms with Crippen molar-refractivity contribution >= 4 is 11.7 Å². The summed E-state index contributed by atoms with van der Waals surface area (Å²) in [7, 11) is 1.81. The number of ether oxygens (including phenoxy) is 1. The highest BCUT2D eigenvalue weighted by Gasteiger charge is 2.23. The quantitative estimate of drug-likeness (QED) is 0.583. The van der Waals surface area contributed by atoms with Crippen molar-refractivity contribution in [2.75, 3.05) is 20.2 Å². The van der Waals surface area contributed by atoms with Gasteiger partial charge in [-0.3, -0.25) is 15.0 Å². The van der Waals surface area contributed by atoms with Gasteiger partial charge in [0.15, 0.2) is 0 Å². The molecule has 0 radical (unpaired) electrons. The van der Waals surface area contributed by atoms with E-state index in [0.717, 1.165) is 0 Å². The van der Waals surface area contributed by atoms with Crippen molar-refractivity contribution in [3.63, 3.8) is 0 Å². The van der Waals surface area contributed by atoms with Crippen LogP contribution in [0, 0.1) is 10.1 Å². The number of likely N-dealkylation sites (N-methyl/N-ethyl adjacent to an activating group) is 1. The van der Waals surface area contributed by atoms with E-state index < -0.39 is 10.9 Å². The lowest BCUT2D eigenvalue weighted by atomic mass is 10.0. The molecule has 0 bridgehead atoms. The van der Waals surface area contributed by atoms with Crippen LogP contribution >= 0.6 is 0 Å². The van der Waals surface area contributed by atoms with Crippen LogP contribution in [0.1, 0.15) is 29.8 Å². The molecule has 1 aromatic rings. The van der Waals surface area contributed by atoms with E-state index in [0.29, 0.717) is 25.3 Å². The lowest BCUT2D eigenvalue weighted by Gasteiger charge is -2.18. The number of benzene rings is 1. The molecule has 0 aliphatic rings. The average Bonchev–Trinajstić information content (AvgIpc) is 2.37. The smallest absolute Gasteiger partial charge is 0.343 e. The molecule has 1 rings (SSSR count). The Morgan fingerprint density at radius 2 is 2.14 bits per heavy atom. The highest BCUT2D eigenvalue weighted by atomic mass is 16.6. The first-order valence-electron chi connectivity index (χ1n) is 6.62. The van der Waals surface area contributed by atoms with Gasteiger partial charge in [-0.25, -0.2) is 4.79 Å². The van der Waals surface area contributed by atoms with E-state index in [1.54, 1.807) is 6.07 Å². The number of hydrogen-bond donors (Lipinski definition) is 1. The van der Waals surface area contributed by atoms with Crippen LogP contribution in [0.25, 0.3) is 0 Å². The number of carboxylic acid groups (broad SMARTS) is 1. The van der Waals surface area contributed by atoms with Crippen molar-refractivity contribution < 1.29 is 19.6 Å². The molecule has 0 aliphatic carbocycles. The minimum atomic E-state index is -1.29. The summed E-state index contributed by atoms with van der Waals surface area (Å²) in [6, 6.07) is 4.30. The summed E-state index contributed by atoms with van der Waals surface area (Å²) in [5.41, 5.74) is -0.213. The van der Waals surface area contributed by atoms with Gasteiger partial charge < -0.3 is 9.84 Å². The first kappa shape index (κ1) is 17.1. The molecule has 0 heterocycles. The number of nitrogens with zero attached hydrogens (tertiary/aromatic N) is 2. The van der Waals surface area contributed by atoms with Crippen LogP contribution in [0.4, 0.5) is 5.69 Å². The number of nitro benzene ring substituents is 1. The van der Waals surface area contributed by atoms with E-state index in [4.69, 9.17) is 4.74 Å². The zero-order valence-electron chi connectivity index (χ0n) is 12.4. The molecule has 0 amide bonds. The van der Waals surface area contributed by atoms with Crippen molar-refractivity contribution in [2.45, 2.75) is 26.5 Å². The fourth-order valence-electron chi connectivity index (χ4n) is 1.93. The summed E-state index contributed by atoms with van der Waals surface area (Å²) >= 11 is 0. The second-order valence-corrected chi connectivity index (χ2v) is 5.03. The molecule has 7 heteroatoms. The third kappa shape index (κ3) is 5.13. The van der Waals surface area contributed by atoms with Crippen LogP contribution in [0.15, 0.2) is 18.2 Å². The van der Waals surface area contributed by atoms with Gasteiger partial charge in [0.25, 0.3) is 5.69 Å². The summed E-state index contributed by atoms with van der Waals surface area (Å²) in [6.45, 7) is 5.31. The van der Waals surface area contributed by atoms with Gasteiger partial charge in [-0.05, 0) is 26.5 Å². The summed E-state index contributed by atoms with van der Waals surface area (Å²) < 4.78 is 5.42. The van der Waals surface area contributed by atoms with Gasteiger partial charge in [0.05, 0.1) is 17.6 Å². The lowest BCUT2D eigenvalue weighted by molar-refractivity contribution is -0.385. The van der Waals surface area contributed by atoms with Crippen LogP contribution < -0.4 is 0 Å². The first-order chi connectivity index (χ1) is 9.82. The third-order valence-corrected chi connectivity index (χ3v) is 2.90. The van der Waals surface area contributed by atoms with Crippen molar-refractivity contribution in [3.8, 4) is 0 Å². The predicted octanol–water partition coefficient (Wildman–Crippen LogP) is 2.15. The fraction of sp³-hybridized carbons (Fsp3) is 0.500. The second kappa shape index (κ2) is 7.70. The zero-order chi connectivity index (χ0) is 16.0. The molecule has 0 fully saturated rings. The third-order valence-electron chi connectivity index (χ3n) is 2.90. The van der Waals surface area contributed by atoms with Crippen molar-refractivity contribution in [1.29, 1.82) is 0 Å². The minimum absolute atomic E-state index is 0.130. The van der Waals surface area contributed by atoms with Crippen LogP contribution in [0.2, 0.25) is 0 Å². The van der Waals surface area contributed by atoms with E-state index in [1.165, 1.54) is 12.1 Å². The van der Waals surface area contributed by atoms with E-state index in [1.807, 2.05) is 25.8 Å². The molecular formula is C14H20N2O5. The first-order valence-corrected chi connectivity index (χ1v) is 6.62. The second-order valence-electron chi connectivity index (χ2n) is 5.03. The van der Waals surface area contributed by atoms with Gasteiger partial charge >= 0.3 is 5.97 Å². The Labute approximate surface area is 123 Å². The Bertz CT molecular complexity index is 516. The number of nitro groups is 1. The lowest BCUT2D eigenvalue weighted by Crippen LogP contribution is -2.25. The normalized spacial score (nSPS) is 11.1. The summed E-state index contributed by atoms with van der Waals surface area (Å²) in [5.74, 6) is -1.29. The molecular weight excluding hydrogens is 276 g/mol. The van der Waals surface area contributed by atoms with E-state index in [2.05, 4.69) is 0 Å². The van der Waals surface area contributed by atoms with Gasteiger partial charge in [-0.1, -0.05) is 12.1 Å². The molecule has 1 aromatic carbocycles. The number of hydrogen-bond acceptors (Lipinski definition) is 5. The fourth-order valence-corrected chi connectivity index (χ4v) is 1.93. The van der Waals surface area contributed by atoms with Gasteiger partial charge in [0.1, 0.15) is 5.56 Å². The zero-order valence-corrected chi connectivity index (χ0v) is 12.4. The Hall–Kier alpha value is -1.99. The Morgan fingerprint density at radius 1 is 1.48 bits per heavy atom. The summed E-state index contributed by atoms with van der Waals surface area (Å²) in [6.07, 6.45) is 0.130. The van der Waals surface area contributed by atoms with Crippen LogP contribution in [-0.4, -0.2) is 47.2 Å². The molecule has 0 atom stereocenters. The predicted molar refractivity (Wildman–Crippen MR) is 77.5 cm³/mol. The molecule has 0 unspecified atom stereocenters. The van der Waals surface area contributed by atoms with E-state index in [-0.39, 0.29) is 17.4 Å². The van der Waals surface area contributed by atoms with Crippen LogP contribution in [0.5, 0.6) is 0 Å². The standard InChI is InChI=1S/C14H20N2O5/c1-10(2)21-8-7-15(3)9-11-5-4-6-12(16(19)20)13(11)14(17)18/h4-6,10H,7-9H2,1-3H3,(H,17,18). The molecule has 0 aromatic heterocycles. The number of aromatic carboxylic acids is 1. The number of carboxylic acids is 1. The van der Waals surface area contributed by atoms with Gasteiger partial charge in [0, 0.05) is 19.2 Å². The Kier molecular flexibility index (Phi) is 6.26. The van der Waals surface area contributed by atoms with Crippen molar-refractivity contribution in [1.82, 2.24) is 4.90 Å². The molecule has 7 nitrogen and oxygen atoms in total. The van der Waals surface area contributed by atoms with Gasteiger partial charge in [0.2, 0.25) is 0 Å². The highest BCUT2D eigenvalue weighted by Crippen LogP contribution is 2.23. The van der Waals surface area contributed by atoms with Gasteiger partial charge in [-0.2, -0.15) is 0 Å². The topological polar surface area (TPSA) is 92.9 Å². The van der Waals surface area contributed by atoms with Crippen LogP contribution in [0.3, 0.4) is 0 Å². The number of carbonyl (C=O) groups is 1. The highest BCUT2D eigenvalue weighted by molar-refractivity contribution is 5.94. The van der Waals surface area contributed by atoms with E-state index in [9.17, 15) is 20.0 Å². The van der Waals surface area contributed by atoms with Crippen LogP contribution in [-0.2, 0) is 11.3 Å². The SMILES string of the molecule is CC(C)OCCN(C)Cc1cccc([N+](=O)[O-])c1C(=O)O. The Balaban J connectivity index is 2.85. The molecule has 0 saturated carbocycles. The van der Waals surface area contributed by atoms with Gasteiger partial charge in [-0.15, -0.1) is 0 Å². The Morgan fingerprint density at radius 3 is 2.67 bits per heavy atom. The molecule has 0 saturated heterocycles. The van der Waals surface area contributed by atoms with Crippen molar-refractivity contribution in [2.24, 2.45) is 0 Å². The molecule has 0 spiro atoms. The maximum atomic E-state index is 11.3. The molecule has 21 heavy (non-hydrogen) atoms. The monoisotopic (exact) mass is 296 g/mol. The average molecular weight is 296 g/mol. The maximum absolute atomic E-state index is 11.3. The molecule has 1 N–H and O–H groups in total. The molecule has 116 valence electrons. The number of rotatable bonds is 8. The summed E-state index contributed by atoms with van der Waals surface area (Å²) in [5, 5.41) is 20.1. The van der Waals surface area contributed by atoms with Crippen molar-refractivity contribution in [3.05, 3.63) is 39.4 Å². The van der Waals surface area contributed by atoms with E-state index >= 15 is 0 Å².